The number of benzene rings is 2. The molecule has 0 saturated heterocycles. The van der Waals surface area contributed by atoms with E-state index in [1.54, 1.807) is 18.2 Å². The van der Waals surface area contributed by atoms with Gasteiger partial charge in [-0.2, -0.15) is 0 Å². The molecule has 0 saturated carbocycles. The van der Waals surface area contributed by atoms with E-state index in [9.17, 15) is 21.9 Å². The van der Waals surface area contributed by atoms with Crippen molar-refractivity contribution in [2.45, 2.75) is 15.9 Å². The van der Waals surface area contributed by atoms with Crippen molar-refractivity contribution in [2.75, 3.05) is 25.7 Å². The van der Waals surface area contributed by atoms with Crippen LogP contribution in [0.5, 0.6) is 11.5 Å². The largest absolute Gasteiger partial charge is 0.497 e. The predicted octanol–water partition coefficient (Wildman–Crippen LogP) is 1.31. The molecule has 26 heavy (non-hydrogen) atoms. The Kier molecular flexibility index (Phi) is 6.27. The molecule has 0 amide bonds. The van der Waals surface area contributed by atoms with Crippen molar-refractivity contribution < 1.29 is 31.4 Å². The van der Waals surface area contributed by atoms with Gasteiger partial charge in [-0.25, -0.2) is 16.8 Å². The van der Waals surface area contributed by atoms with Crippen LogP contribution in [0, 0.1) is 0 Å². The van der Waals surface area contributed by atoms with Crippen LogP contribution < -0.4 is 9.47 Å². The van der Waals surface area contributed by atoms with Crippen molar-refractivity contribution in [1.29, 1.82) is 0 Å². The standard InChI is InChI=1S/C17H20O7S2/c1-23-14-8-9-16(24-2)17(10-14)26(21,22)12-13(18)11-25(19,20)15-6-4-3-5-7-15/h3-10,13,18H,11-12H2,1-2H3/t13-/m1/s1. The van der Waals surface area contributed by atoms with Crippen molar-refractivity contribution >= 4 is 19.7 Å². The maximum absolute atomic E-state index is 12.6. The van der Waals surface area contributed by atoms with E-state index < -0.39 is 37.3 Å². The predicted molar refractivity (Wildman–Crippen MR) is 96.1 cm³/mol. The molecule has 0 unspecified atom stereocenters. The molecule has 7 nitrogen and oxygen atoms in total. The highest BCUT2D eigenvalue weighted by molar-refractivity contribution is 7.92. The van der Waals surface area contributed by atoms with E-state index in [1.807, 2.05) is 0 Å². The van der Waals surface area contributed by atoms with Gasteiger partial charge in [0.1, 0.15) is 16.4 Å². The number of rotatable bonds is 8. The first-order valence-electron chi connectivity index (χ1n) is 7.60. The zero-order valence-corrected chi connectivity index (χ0v) is 16.0. The Labute approximate surface area is 153 Å². The quantitative estimate of drug-likeness (QED) is 0.712. The molecule has 2 aromatic carbocycles. The number of hydrogen-bond donors (Lipinski definition) is 1. The van der Waals surface area contributed by atoms with Crippen molar-refractivity contribution in [3.05, 3.63) is 48.5 Å². The maximum atomic E-state index is 12.6. The normalized spacial score (nSPS) is 13.2. The number of aliphatic hydroxyl groups excluding tert-OH is 1. The molecule has 142 valence electrons. The summed E-state index contributed by atoms with van der Waals surface area (Å²) >= 11 is 0. The van der Waals surface area contributed by atoms with E-state index in [0.29, 0.717) is 5.75 Å². The molecule has 0 aliphatic carbocycles. The lowest BCUT2D eigenvalue weighted by Gasteiger charge is -2.14. The summed E-state index contributed by atoms with van der Waals surface area (Å²) in [6, 6.07) is 11.8. The molecule has 0 heterocycles. The van der Waals surface area contributed by atoms with Crippen LogP contribution in [-0.4, -0.2) is 53.8 Å². The summed E-state index contributed by atoms with van der Waals surface area (Å²) in [6.45, 7) is 0. The van der Waals surface area contributed by atoms with E-state index in [1.165, 1.54) is 44.6 Å². The third-order valence-corrected chi connectivity index (χ3v) is 7.26. The summed E-state index contributed by atoms with van der Waals surface area (Å²) in [7, 11) is -5.12. The van der Waals surface area contributed by atoms with Crippen LogP contribution in [0.1, 0.15) is 0 Å². The zero-order chi connectivity index (χ0) is 19.4. The Morgan fingerprint density at radius 3 is 2.08 bits per heavy atom. The first-order valence-corrected chi connectivity index (χ1v) is 10.9. The molecular formula is C17H20O7S2. The van der Waals surface area contributed by atoms with Gasteiger partial charge >= 0.3 is 0 Å². The van der Waals surface area contributed by atoms with Crippen LogP contribution in [0.15, 0.2) is 58.3 Å². The highest BCUT2D eigenvalue weighted by atomic mass is 32.2. The SMILES string of the molecule is COc1ccc(OC)c(S(=O)(=O)C[C@H](O)CS(=O)(=O)c2ccccc2)c1. The van der Waals surface area contributed by atoms with E-state index in [4.69, 9.17) is 9.47 Å². The minimum atomic E-state index is -4.01. The Morgan fingerprint density at radius 1 is 0.885 bits per heavy atom. The fourth-order valence-electron chi connectivity index (χ4n) is 2.40. The summed E-state index contributed by atoms with van der Waals surface area (Å²) in [5.41, 5.74) is 0. The third-order valence-electron chi connectivity index (χ3n) is 3.63. The molecule has 9 heteroatoms. The number of sulfone groups is 2. The highest BCUT2D eigenvalue weighted by Gasteiger charge is 2.28. The summed E-state index contributed by atoms with van der Waals surface area (Å²) in [5, 5.41) is 10.1. The number of hydrogen-bond acceptors (Lipinski definition) is 7. The first-order chi connectivity index (χ1) is 12.2. The number of ether oxygens (including phenoxy) is 2. The lowest BCUT2D eigenvalue weighted by molar-refractivity contribution is 0.220. The summed E-state index contributed by atoms with van der Waals surface area (Å²) < 4.78 is 59.9. The molecule has 0 aliphatic rings. The molecule has 2 aromatic rings. The second-order valence-corrected chi connectivity index (χ2v) is 9.58. The van der Waals surface area contributed by atoms with Crippen LogP contribution in [0.2, 0.25) is 0 Å². The second-order valence-electron chi connectivity index (χ2n) is 5.55. The van der Waals surface area contributed by atoms with Crippen LogP contribution in [0.3, 0.4) is 0 Å². The molecule has 0 aliphatic heterocycles. The minimum Gasteiger partial charge on any atom is -0.497 e. The molecule has 0 spiro atoms. The third kappa shape index (κ3) is 4.75. The van der Waals surface area contributed by atoms with Crippen molar-refractivity contribution in [2.24, 2.45) is 0 Å². The van der Waals surface area contributed by atoms with Gasteiger partial charge in [0.15, 0.2) is 19.7 Å². The van der Waals surface area contributed by atoms with Gasteiger partial charge in [0.25, 0.3) is 0 Å². The monoisotopic (exact) mass is 400 g/mol. The van der Waals surface area contributed by atoms with E-state index >= 15 is 0 Å². The van der Waals surface area contributed by atoms with E-state index in [2.05, 4.69) is 0 Å². The van der Waals surface area contributed by atoms with Gasteiger partial charge in [-0.3, -0.25) is 0 Å². The van der Waals surface area contributed by atoms with Crippen LogP contribution in [0.25, 0.3) is 0 Å². The Balaban J connectivity index is 2.24. The lowest BCUT2D eigenvalue weighted by atomic mass is 10.3. The molecule has 2 rings (SSSR count). The summed E-state index contributed by atoms with van der Waals surface area (Å²) in [5.74, 6) is -1.08. The zero-order valence-electron chi connectivity index (χ0n) is 14.3. The molecule has 0 bridgehead atoms. The smallest absolute Gasteiger partial charge is 0.184 e. The van der Waals surface area contributed by atoms with Crippen molar-refractivity contribution in [3.63, 3.8) is 0 Å². The fourth-order valence-corrected chi connectivity index (χ4v) is 5.49. The Bertz CT molecular complexity index is 952. The van der Waals surface area contributed by atoms with Crippen LogP contribution in [0.4, 0.5) is 0 Å². The van der Waals surface area contributed by atoms with Gasteiger partial charge in [-0.05, 0) is 24.3 Å². The topological polar surface area (TPSA) is 107 Å². The highest BCUT2D eigenvalue weighted by Crippen LogP contribution is 2.29. The Hall–Kier alpha value is -2.10. The van der Waals surface area contributed by atoms with E-state index in [-0.39, 0.29) is 15.5 Å². The van der Waals surface area contributed by atoms with Gasteiger partial charge in [-0.1, -0.05) is 18.2 Å². The summed E-state index contributed by atoms with van der Waals surface area (Å²) in [6.07, 6.45) is -1.60. The first kappa shape index (κ1) is 20.2. The Morgan fingerprint density at radius 2 is 1.50 bits per heavy atom. The fraction of sp³-hybridized carbons (Fsp3) is 0.294. The van der Waals surface area contributed by atoms with Gasteiger partial charge in [-0.15, -0.1) is 0 Å². The van der Waals surface area contributed by atoms with Crippen molar-refractivity contribution in [3.8, 4) is 11.5 Å². The van der Waals surface area contributed by atoms with Gasteiger partial charge < -0.3 is 14.6 Å². The molecule has 0 radical (unpaired) electrons. The van der Waals surface area contributed by atoms with Crippen LogP contribution >= 0.6 is 0 Å². The molecule has 0 aromatic heterocycles. The van der Waals surface area contributed by atoms with Gasteiger partial charge in [0.2, 0.25) is 0 Å². The number of aliphatic hydroxyl groups is 1. The lowest BCUT2D eigenvalue weighted by Crippen LogP contribution is -2.29. The van der Waals surface area contributed by atoms with Gasteiger partial charge in [0, 0.05) is 6.07 Å². The summed E-state index contributed by atoms with van der Waals surface area (Å²) in [4.78, 5) is -0.147. The van der Waals surface area contributed by atoms with E-state index in [0.717, 1.165) is 0 Å². The average Bonchev–Trinajstić information content (AvgIpc) is 2.60. The second kappa shape index (κ2) is 8.07. The molecular weight excluding hydrogens is 380 g/mol. The molecule has 1 N–H and O–H groups in total. The minimum absolute atomic E-state index is 0.0235. The van der Waals surface area contributed by atoms with Crippen LogP contribution in [-0.2, 0) is 19.7 Å². The van der Waals surface area contributed by atoms with Gasteiger partial charge in [0.05, 0.1) is 36.7 Å². The molecule has 1 atom stereocenters. The average molecular weight is 400 g/mol. The maximum Gasteiger partial charge on any atom is 0.184 e. The number of methoxy groups -OCH3 is 2. The van der Waals surface area contributed by atoms with Crippen molar-refractivity contribution in [1.82, 2.24) is 0 Å². The molecule has 0 fully saturated rings.